The number of hydrogen-bond donors (Lipinski definition) is 0. The number of ether oxygens (including phenoxy) is 4. The monoisotopic (exact) mass is 444 g/mol. The van der Waals surface area contributed by atoms with Crippen molar-refractivity contribution in [2.45, 2.75) is 26.1 Å². The van der Waals surface area contributed by atoms with Crippen molar-refractivity contribution in [2.75, 3.05) is 21.3 Å². The van der Waals surface area contributed by atoms with Crippen LogP contribution in [0.1, 0.15) is 19.5 Å². The van der Waals surface area contributed by atoms with Crippen molar-refractivity contribution >= 4 is 17.6 Å². The lowest BCUT2D eigenvalue weighted by atomic mass is 10.1. The number of nitrogens with zero attached hydrogens (tertiary/aromatic N) is 2. The molecule has 2 aromatic carbocycles. The number of para-hydroxylation sites is 1. The second-order valence-corrected chi connectivity index (χ2v) is 7.68. The first-order chi connectivity index (χ1) is 14.8. The minimum atomic E-state index is -1.11. The first-order valence-corrected chi connectivity index (χ1v) is 9.96. The van der Waals surface area contributed by atoms with E-state index in [9.17, 15) is 4.79 Å². The van der Waals surface area contributed by atoms with E-state index < -0.39 is 11.6 Å². The highest BCUT2D eigenvalue weighted by molar-refractivity contribution is 6.32. The van der Waals surface area contributed by atoms with Gasteiger partial charge >= 0.3 is 5.97 Å². The maximum atomic E-state index is 11.9. The number of hydrogen-bond acceptors (Lipinski definition) is 6. The highest BCUT2D eigenvalue weighted by atomic mass is 35.5. The molecule has 164 valence electrons. The van der Waals surface area contributed by atoms with Gasteiger partial charge in [0.1, 0.15) is 11.5 Å². The zero-order chi connectivity index (χ0) is 22.6. The third-order valence-corrected chi connectivity index (χ3v) is 5.07. The predicted molar refractivity (Wildman–Crippen MR) is 118 cm³/mol. The molecule has 0 bridgehead atoms. The van der Waals surface area contributed by atoms with Crippen LogP contribution in [0.3, 0.4) is 0 Å². The second-order valence-electron chi connectivity index (χ2n) is 7.28. The summed E-state index contributed by atoms with van der Waals surface area (Å²) in [4.78, 5) is 11.9. The third kappa shape index (κ3) is 5.00. The summed E-state index contributed by atoms with van der Waals surface area (Å²) in [5.74, 6) is 0.826. The molecule has 0 radical (unpaired) electrons. The lowest BCUT2D eigenvalue weighted by Gasteiger charge is -2.21. The molecule has 3 rings (SSSR count). The summed E-state index contributed by atoms with van der Waals surface area (Å²) in [5, 5.41) is 5.24. The largest absolute Gasteiger partial charge is 0.497 e. The summed E-state index contributed by atoms with van der Waals surface area (Å²) in [5.41, 5.74) is 1.80. The van der Waals surface area contributed by atoms with E-state index in [1.165, 1.54) is 7.11 Å². The molecule has 8 heteroatoms. The zero-order valence-electron chi connectivity index (χ0n) is 18.1. The predicted octanol–water partition coefficient (Wildman–Crippen LogP) is 4.68. The third-order valence-electron chi connectivity index (χ3n) is 4.75. The van der Waals surface area contributed by atoms with Crippen LogP contribution in [0.25, 0.3) is 16.9 Å². The Balaban J connectivity index is 2.08. The number of halogens is 1. The summed E-state index contributed by atoms with van der Waals surface area (Å²) >= 11 is 6.45. The first kappa shape index (κ1) is 22.7. The Kier molecular flexibility index (Phi) is 6.87. The van der Waals surface area contributed by atoms with E-state index in [1.54, 1.807) is 44.9 Å². The minimum absolute atomic E-state index is 0.105. The van der Waals surface area contributed by atoms with Gasteiger partial charge in [-0.3, -0.25) is 0 Å². The lowest BCUT2D eigenvalue weighted by molar-refractivity contribution is -0.166. The number of benzene rings is 2. The molecule has 0 unspecified atom stereocenters. The van der Waals surface area contributed by atoms with Gasteiger partial charge in [0, 0.05) is 11.6 Å². The number of esters is 1. The van der Waals surface area contributed by atoms with Crippen molar-refractivity contribution in [1.29, 1.82) is 0 Å². The first-order valence-electron chi connectivity index (χ1n) is 9.58. The van der Waals surface area contributed by atoms with Gasteiger partial charge in [-0.2, -0.15) is 5.10 Å². The van der Waals surface area contributed by atoms with Crippen LogP contribution in [0.15, 0.2) is 48.5 Å². The molecule has 0 aliphatic rings. The van der Waals surface area contributed by atoms with E-state index in [-0.39, 0.29) is 6.61 Å². The second kappa shape index (κ2) is 9.41. The van der Waals surface area contributed by atoms with E-state index in [4.69, 9.17) is 35.6 Å². The maximum Gasteiger partial charge on any atom is 0.337 e. The van der Waals surface area contributed by atoms with Crippen LogP contribution in [0.2, 0.25) is 5.02 Å². The Labute approximate surface area is 186 Å². The van der Waals surface area contributed by atoms with Crippen LogP contribution in [0, 0.1) is 0 Å². The topological polar surface area (TPSA) is 71.8 Å². The van der Waals surface area contributed by atoms with Crippen LogP contribution >= 0.6 is 11.6 Å². The smallest absolute Gasteiger partial charge is 0.337 e. The lowest BCUT2D eigenvalue weighted by Crippen LogP contribution is -2.35. The Bertz CT molecular complexity index is 1060. The molecule has 1 heterocycles. The molecule has 3 aromatic rings. The van der Waals surface area contributed by atoms with Crippen molar-refractivity contribution in [3.05, 3.63) is 59.2 Å². The van der Waals surface area contributed by atoms with Crippen molar-refractivity contribution in [3.63, 3.8) is 0 Å². The molecule has 31 heavy (non-hydrogen) atoms. The molecular weight excluding hydrogens is 420 g/mol. The summed E-state index contributed by atoms with van der Waals surface area (Å²) < 4.78 is 23.2. The number of aromatic nitrogens is 2. The maximum absolute atomic E-state index is 11.9. The van der Waals surface area contributed by atoms with Gasteiger partial charge in [0.05, 0.1) is 50.0 Å². The summed E-state index contributed by atoms with van der Waals surface area (Å²) in [6, 6.07) is 14.9. The standard InChI is InChI=1S/C23H25ClN2O5/c1-23(2,22(27)30-5)31-14-16-12-21(15-10-17(28-3)13-18(11-15)29-4)26(25-16)20-9-7-6-8-19(20)24/h6-13H,14H2,1-5H3. The van der Waals surface area contributed by atoms with E-state index in [0.717, 1.165) is 11.3 Å². The van der Waals surface area contributed by atoms with Gasteiger partial charge in [0.25, 0.3) is 0 Å². The fourth-order valence-electron chi connectivity index (χ4n) is 3.03. The molecule has 0 fully saturated rings. The van der Waals surface area contributed by atoms with Gasteiger partial charge in [-0.25, -0.2) is 9.48 Å². The average molecular weight is 445 g/mol. The Morgan fingerprint density at radius 1 is 1.03 bits per heavy atom. The number of carbonyl (C=O) groups is 1. The summed E-state index contributed by atoms with van der Waals surface area (Å²) in [6.07, 6.45) is 0. The van der Waals surface area contributed by atoms with Gasteiger partial charge in [-0.1, -0.05) is 23.7 Å². The normalized spacial score (nSPS) is 11.3. The molecule has 0 saturated heterocycles. The quantitative estimate of drug-likeness (QED) is 0.470. The van der Waals surface area contributed by atoms with E-state index in [1.807, 2.05) is 36.4 Å². The zero-order valence-corrected chi connectivity index (χ0v) is 18.9. The van der Waals surface area contributed by atoms with Gasteiger partial charge in [-0.05, 0) is 44.2 Å². The van der Waals surface area contributed by atoms with Gasteiger partial charge < -0.3 is 18.9 Å². The fourth-order valence-corrected chi connectivity index (χ4v) is 3.24. The molecule has 0 aliphatic carbocycles. The highest BCUT2D eigenvalue weighted by Crippen LogP contribution is 2.33. The van der Waals surface area contributed by atoms with Crippen LogP contribution in [-0.2, 0) is 20.9 Å². The van der Waals surface area contributed by atoms with E-state index >= 15 is 0 Å². The van der Waals surface area contributed by atoms with Gasteiger partial charge in [-0.15, -0.1) is 0 Å². The molecule has 0 saturated carbocycles. The Hall–Kier alpha value is -3.03. The molecule has 7 nitrogen and oxygen atoms in total. The van der Waals surface area contributed by atoms with Gasteiger partial charge in [0.15, 0.2) is 5.60 Å². The Morgan fingerprint density at radius 2 is 1.68 bits per heavy atom. The van der Waals surface area contributed by atoms with Crippen molar-refractivity contribution in [1.82, 2.24) is 9.78 Å². The molecule has 0 amide bonds. The number of methoxy groups -OCH3 is 3. The van der Waals surface area contributed by atoms with Crippen LogP contribution < -0.4 is 9.47 Å². The Morgan fingerprint density at radius 3 is 2.26 bits per heavy atom. The van der Waals surface area contributed by atoms with Crippen molar-refractivity contribution < 1.29 is 23.7 Å². The molecule has 1 aromatic heterocycles. The number of rotatable bonds is 8. The summed E-state index contributed by atoms with van der Waals surface area (Å²) in [7, 11) is 4.52. The molecule has 0 spiro atoms. The highest BCUT2D eigenvalue weighted by Gasteiger charge is 2.30. The molecule has 0 atom stereocenters. The van der Waals surface area contributed by atoms with Crippen molar-refractivity contribution in [3.8, 4) is 28.4 Å². The van der Waals surface area contributed by atoms with Gasteiger partial charge in [0.2, 0.25) is 0 Å². The van der Waals surface area contributed by atoms with Crippen LogP contribution in [0.4, 0.5) is 0 Å². The minimum Gasteiger partial charge on any atom is -0.497 e. The molecule has 0 aliphatic heterocycles. The van der Waals surface area contributed by atoms with E-state index in [0.29, 0.717) is 27.9 Å². The van der Waals surface area contributed by atoms with E-state index in [2.05, 4.69) is 0 Å². The fraction of sp³-hybridized carbons (Fsp3) is 0.304. The van der Waals surface area contributed by atoms with Crippen LogP contribution in [0.5, 0.6) is 11.5 Å². The average Bonchev–Trinajstić information content (AvgIpc) is 3.21. The number of carbonyl (C=O) groups excluding carboxylic acids is 1. The summed E-state index contributed by atoms with van der Waals surface area (Å²) in [6.45, 7) is 3.41. The van der Waals surface area contributed by atoms with Crippen LogP contribution in [-0.4, -0.2) is 42.7 Å². The van der Waals surface area contributed by atoms with Crippen molar-refractivity contribution in [2.24, 2.45) is 0 Å². The SMILES string of the molecule is COC(=O)C(C)(C)OCc1cc(-c2cc(OC)cc(OC)c2)n(-c2ccccc2Cl)n1. The molecule has 0 N–H and O–H groups in total. The molecular formula is C23H25ClN2O5.